The van der Waals surface area contributed by atoms with Gasteiger partial charge in [-0.2, -0.15) is 0 Å². The first-order valence-corrected chi connectivity index (χ1v) is 5.07. The maximum absolute atomic E-state index is 10.7. The zero-order chi connectivity index (χ0) is 11.7. The average molecular weight is 219 g/mol. The van der Waals surface area contributed by atoms with Gasteiger partial charge in [-0.05, 0) is 17.5 Å². The number of hydrogen-bond donors (Lipinski definition) is 1. The molecule has 0 spiro atoms. The van der Waals surface area contributed by atoms with E-state index in [1.165, 1.54) is 0 Å². The minimum absolute atomic E-state index is 0.0575. The van der Waals surface area contributed by atoms with Gasteiger partial charge in [0.25, 0.3) is 0 Å². The van der Waals surface area contributed by atoms with E-state index in [9.17, 15) is 4.79 Å². The second-order valence-corrected chi connectivity index (χ2v) is 3.93. The number of imidazole rings is 1. The maximum atomic E-state index is 10.7. The maximum Gasteiger partial charge on any atom is 0.303 e. The van der Waals surface area contributed by atoms with E-state index in [0.717, 1.165) is 16.7 Å². The van der Waals surface area contributed by atoms with E-state index >= 15 is 0 Å². The molecular weight excluding hydrogens is 206 g/mol. The zero-order valence-electron chi connectivity index (χ0n) is 9.21. The fourth-order valence-electron chi connectivity index (χ4n) is 1.82. The van der Waals surface area contributed by atoms with Gasteiger partial charge in [-0.15, -0.1) is 0 Å². The fourth-order valence-corrected chi connectivity index (χ4v) is 1.82. The zero-order valence-corrected chi connectivity index (χ0v) is 9.21. The van der Waals surface area contributed by atoms with Gasteiger partial charge in [-0.25, -0.2) is 9.97 Å². The van der Waals surface area contributed by atoms with Crippen molar-refractivity contribution in [3.8, 4) is 0 Å². The van der Waals surface area contributed by atoms with Crippen LogP contribution in [0.3, 0.4) is 0 Å². The van der Waals surface area contributed by atoms with Crippen molar-refractivity contribution in [2.45, 2.75) is 19.3 Å². The van der Waals surface area contributed by atoms with Gasteiger partial charge in [-0.3, -0.25) is 4.79 Å². The van der Waals surface area contributed by atoms with Gasteiger partial charge >= 0.3 is 5.97 Å². The molecule has 0 saturated heterocycles. The van der Waals surface area contributed by atoms with Crippen molar-refractivity contribution in [3.63, 3.8) is 0 Å². The number of pyridine rings is 1. The molecule has 0 aliphatic heterocycles. The summed E-state index contributed by atoms with van der Waals surface area (Å²) in [5, 5.41) is 8.78. The van der Waals surface area contributed by atoms with Gasteiger partial charge < -0.3 is 9.67 Å². The number of aryl methyl sites for hydroxylation is 1. The molecule has 1 N–H and O–H groups in total. The Hall–Kier alpha value is -1.91. The molecule has 0 radical (unpaired) electrons. The highest BCUT2D eigenvalue weighted by Gasteiger charge is 2.15. The predicted octanol–water partition coefficient (Wildman–Crippen LogP) is 1.55. The van der Waals surface area contributed by atoms with Crippen LogP contribution >= 0.6 is 0 Å². The van der Waals surface area contributed by atoms with Crippen molar-refractivity contribution < 1.29 is 9.90 Å². The molecule has 0 aromatic carbocycles. The number of aromatic nitrogens is 3. The molecule has 1 unspecified atom stereocenters. The largest absolute Gasteiger partial charge is 0.481 e. The lowest BCUT2D eigenvalue weighted by Gasteiger charge is -2.09. The lowest BCUT2D eigenvalue weighted by atomic mass is 9.98. The molecule has 0 bridgehead atoms. The van der Waals surface area contributed by atoms with Gasteiger partial charge in [0.1, 0.15) is 5.52 Å². The minimum Gasteiger partial charge on any atom is -0.481 e. The summed E-state index contributed by atoms with van der Waals surface area (Å²) < 4.78 is 1.83. The predicted molar refractivity (Wildman–Crippen MR) is 59.2 cm³/mol. The molecule has 16 heavy (non-hydrogen) atoms. The first-order chi connectivity index (χ1) is 7.59. The Bertz CT molecular complexity index is 533. The first-order valence-electron chi connectivity index (χ1n) is 5.07. The Morgan fingerprint density at radius 3 is 3.00 bits per heavy atom. The number of fused-ring (bicyclic) bond motifs is 1. The number of hydrogen-bond acceptors (Lipinski definition) is 3. The third-order valence-corrected chi connectivity index (χ3v) is 2.64. The summed E-state index contributed by atoms with van der Waals surface area (Å²) in [6.07, 6.45) is 3.49. The van der Waals surface area contributed by atoms with Crippen LogP contribution in [0.2, 0.25) is 0 Å². The third-order valence-electron chi connectivity index (χ3n) is 2.64. The number of carboxylic acids is 1. The van der Waals surface area contributed by atoms with Crippen LogP contribution in [0.15, 0.2) is 18.6 Å². The van der Waals surface area contributed by atoms with E-state index in [1.807, 2.05) is 24.6 Å². The Labute approximate surface area is 92.8 Å². The molecule has 0 fully saturated rings. The summed E-state index contributed by atoms with van der Waals surface area (Å²) in [6, 6.07) is 1.84. The Balaban J connectivity index is 2.48. The smallest absolute Gasteiger partial charge is 0.303 e. The van der Waals surface area contributed by atoms with Crippen molar-refractivity contribution in [2.24, 2.45) is 7.05 Å². The summed E-state index contributed by atoms with van der Waals surface area (Å²) in [5.74, 6) is -0.855. The second kappa shape index (κ2) is 3.92. The molecular formula is C11H13N3O2. The molecule has 0 amide bonds. The van der Waals surface area contributed by atoms with E-state index in [4.69, 9.17) is 5.11 Å². The summed E-state index contributed by atoms with van der Waals surface area (Å²) in [7, 11) is 1.87. The lowest BCUT2D eigenvalue weighted by Crippen LogP contribution is -2.04. The second-order valence-electron chi connectivity index (χ2n) is 3.93. The topological polar surface area (TPSA) is 68.0 Å². The number of nitrogens with zero attached hydrogens (tertiary/aromatic N) is 3. The van der Waals surface area contributed by atoms with E-state index < -0.39 is 5.97 Å². The van der Waals surface area contributed by atoms with Crippen molar-refractivity contribution in [3.05, 3.63) is 24.2 Å². The molecule has 1 atom stereocenters. The highest BCUT2D eigenvalue weighted by Crippen LogP contribution is 2.24. The molecule has 0 aliphatic carbocycles. The molecule has 2 heterocycles. The van der Waals surface area contributed by atoms with Crippen LogP contribution in [-0.4, -0.2) is 25.6 Å². The summed E-state index contributed by atoms with van der Waals surface area (Å²) in [5.41, 5.74) is 2.52. The van der Waals surface area contributed by atoms with Crippen LogP contribution < -0.4 is 0 Å². The van der Waals surface area contributed by atoms with Gasteiger partial charge in [0, 0.05) is 13.2 Å². The van der Waals surface area contributed by atoms with Gasteiger partial charge in [0.15, 0.2) is 5.65 Å². The third kappa shape index (κ3) is 1.76. The normalized spacial score (nSPS) is 12.9. The molecule has 2 aromatic rings. The molecule has 2 rings (SSSR count). The van der Waals surface area contributed by atoms with E-state index in [0.29, 0.717) is 0 Å². The van der Waals surface area contributed by atoms with Crippen LogP contribution in [0.25, 0.3) is 11.2 Å². The molecule has 0 saturated carbocycles. The van der Waals surface area contributed by atoms with E-state index in [2.05, 4.69) is 9.97 Å². The van der Waals surface area contributed by atoms with Gasteiger partial charge in [0.05, 0.1) is 12.7 Å². The van der Waals surface area contributed by atoms with Crippen molar-refractivity contribution in [1.82, 2.24) is 14.5 Å². The summed E-state index contributed by atoms with van der Waals surface area (Å²) in [4.78, 5) is 19.2. The standard InChI is InChI=1S/C11H13N3O2/c1-7(5-9(15)16)8-3-4-12-11-10(8)13-6-14(11)2/h3-4,6-7H,5H2,1-2H3,(H,15,16). The molecule has 84 valence electrons. The SMILES string of the molecule is CC(CC(=O)O)c1ccnc2c1ncn2C. The Morgan fingerprint density at radius 1 is 1.56 bits per heavy atom. The number of carboxylic acid groups (broad SMARTS) is 1. The first kappa shape index (κ1) is 10.6. The number of carbonyl (C=O) groups is 1. The van der Waals surface area contributed by atoms with Crippen LogP contribution in [0.1, 0.15) is 24.8 Å². The highest BCUT2D eigenvalue weighted by atomic mass is 16.4. The van der Waals surface area contributed by atoms with Crippen LogP contribution in [0, 0.1) is 0 Å². The lowest BCUT2D eigenvalue weighted by molar-refractivity contribution is -0.137. The summed E-state index contributed by atoms with van der Waals surface area (Å²) >= 11 is 0. The van der Waals surface area contributed by atoms with Crippen LogP contribution in [0.4, 0.5) is 0 Å². The molecule has 2 aromatic heterocycles. The van der Waals surface area contributed by atoms with E-state index in [-0.39, 0.29) is 12.3 Å². The van der Waals surface area contributed by atoms with Crippen LogP contribution in [-0.2, 0) is 11.8 Å². The molecule has 0 aliphatic rings. The monoisotopic (exact) mass is 219 g/mol. The molecule has 5 heteroatoms. The van der Waals surface area contributed by atoms with E-state index in [1.54, 1.807) is 12.5 Å². The number of aliphatic carboxylic acids is 1. The minimum atomic E-state index is -0.798. The highest BCUT2D eigenvalue weighted by molar-refractivity contribution is 5.76. The average Bonchev–Trinajstić information content (AvgIpc) is 2.59. The fraction of sp³-hybridized carbons (Fsp3) is 0.364. The van der Waals surface area contributed by atoms with Crippen molar-refractivity contribution in [2.75, 3.05) is 0 Å². The quantitative estimate of drug-likeness (QED) is 0.850. The van der Waals surface area contributed by atoms with Gasteiger partial charge in [-0.1, -0.05) is 6.92 Å². The summed E-state index contributed by atoms with van der Waals surface area (Å²) in [6.45, 7) is 1.89. The molecule has 5 nitrogen and oxygen atoms in total. The Kier molecular flexibility index (Phi) is 2.60. The van der Waals surface area contributed by atoms with Crippen LogP contribution in [0.5, 0.6) is 0 Å². The van der Waals surface area contributed by atoms with Gasteiger partial charge in [0.2, 0.25) is 0 Å². The van der Waals surface area contributed by atoms with Crippen molar-refractivity contribution in [1.29, 1.82) is 0 Å². The van der Waals surface area contributed by atoms with Crippen molar-refractivity contribution >= 4 is 17.1 Å². The Morgan fingerprint density at radius 2 is 2.31 bits per heavy atom. The number of rotatable bonds is 3.